The summed E-state index contributed by atoms with van der Waals surface area (Å²) in [5.74, 6) is 0. The zero-order chi connectivity index (χ0) is 22.3. The van der Waals surface area contributed by atoms with E-state index in [1.54, 1.807) is 24.4 Å². The molecule has 160 valence electrons. The first-order valence-electron chi connectivity index (χ1n) is 10.2. The molecule has 2 N–H and O–H groups in total. The lowest BCUT2D eigenvalue weighted by molar-refractivity contribution is 0.262. The summed E-state index contributed by atoms with van der Waals surface area (Å²) in [4.78, 5) is 25.3. The molecule has 4 rings (SSSR count). The topological polar surface area (TPSA) is 63.1 Å². The minimum atomic E-state index is -0.477. The maximum atomic E-state index is 12.8. The molecule has 0 aliphatic heterocycles. The predicted molar refractivity (Wildman–Crippen MR) is 130 cm³/mol. The number of urea groups is 1. The molecule has 0 bridgehead atoms. The number of carbonyl (C=O) groups is 1. The van der Waals surface area contributed by atoms with E-state index in [1.807, 2.05) is 60.7 Å². The van der Waals surface area contributed by atoms with Gasteiger partial charge < -0.3 is 15.2 Å². The number of nitrogens with one attached hydrogen (secondary N) is 2. The summed E-state index contributed by atoms with van der Waals surface area (Å²) < 4.78 is 1.51. The highest BCUT2D eigenvalue weighted by Gasteiger charge is 2.10. The maximum Gasteiger partial charge on any atom is 0.323 e. The number of benzene rings is 3. The van der Waals surface area contributed by atoms with Crippen molar-refractivity contribution >= 4 is 29.0 Å². The molecule has 0 atom stereocenters. The van der Waals surface area contributed by atoms with Gasteiger partial charge >= 0.3 is 6.03 Å². The van der Waals surface area contributed by atoms with Gasteiger partial charge in [0.2, 0.25) is 0 Å². The van der Waals surface area contributed by atoms with Crippen LogP contribution < -0.4 is 16.2 Å². The second-order valence-electron chi connectivity index (χ2n) is 7.39. The number of nitrogens with zero attached hydrogens (tertiary/aromatic N) is 1. The van der Waals surface area contributed by atoms with Gasteiger partial charge in [0.1, 0.15) is 5.69 Å². The van der Waals surface area contributed by atoms with Crippen molar-refractivity contribution in [2.45, 2.75) is 13.0 Å². The second kappa shape index (κ2) is 9.98. The van der Waals surface area contributed by atoms with Crippen LogP contribution in [0.25, 0.3) is 0 Å². The van der Waals surface area contributed by atoms with Gasteiger partial charge in [-0.2, -0.15) is 0 Å². The van der Waals surface area contributed by atoms with E-state index in [0.717, 1.165) is 17.5 Å². The van der Waals surface area contributed by atoms with E-state index in [0.29, 0.717) is 17.3 Å². The first kappa shape index (κ1) is 21.4. The summed E-state index contributed by atoms with van der Waals surface area (Å²) in [7, 11) is 0. The number of pyridine rings is 1. The van der Waals surface area contributed by atoms with E-state index in [9.17, 15) is 9.59 Å². The Labute approximate surface area is 191 Å². The van der Waals surface area contributed by atoms with E-state index in [4.69, 9.17) is 11.6 Å². The Morgan fingerprint density at radius 1 is 0.812 bits per heavy atom. The van der Waals surface area contributed by atoms with Crippen LogP contribution >= 0.6 is 11.6 Å². The molecule has 4 aromatic rings. The third-order valence-corrected chi connectivity index (χ3v) is 5.37. The third kappa shape index (κ3) is 5.45. The first-order chi connectivity index (χ1) is 15.6. The highest BCUT2D eigenvalue weighted by Crippen LogP contribution is 2.17. The summed E-state index contributed by atoms with van der Waals surface area (Å²) in [5, 5.41) is 6.04. The van der Waals surface area contributed by atoms with Crippen molar-refractivity contribution in [3.05, 3.63) is 129 Å². The molecule has 2 amide bonds. The van der Waals surface area contributed by atoms with Crippen LogP contribution in [0.15, 0.2) is 102 Å². The van der Waals surface area contributed by atoms with E-state index >= 15 is 0 Å². The van der Waals surface area contributed by atoms with E-state index < -0.39 is 6.03 Å². The van der Waals surface area contributed by atoms with E-state index in [2.05, 4.69) is 22.8 Å². The Bertz CT molecular complexity index is 1290. The molecule has 0 unspecified atom stereocenters. The minimum Gasteiger partial charge on any atom is -0.309 e. The number of rotatable bonds is 6. The number of aromatic nitrogens is 1. The lowest BCUT2D eigenvalue weighted by atomic mass is 10.0. The number of halogens is 1. The smallest absolute Gasteiger partial charge is 0.309 e. The molecular formula is C26H22ClN3O2. The van der Waals surface area contributed by atoms with Crippen LogP contribution in [0.4, 0.5) is 16.2 Å². The van der Waals surface area contributed by atoms with Crippen molar-refractivity contribution in [1.29, 1.82) is 0 Å². The van der Waals surface area contributed by atoms with Crippen LogP contribution in [0.3, 0.4) is 0 Å². The molecule has 0 fully saturated rings. The average molecular weight is 444 g/mol. The molecule has 5 nitrogen and oxygen atoms in total. The molecule has 0 radical (unpaired) electrons. The normalized spacial score (nSPS) is 10.5. The summed E-state index contributed by atoms with van der Waals surface area (Å²) in [6, 6.07) is 27.9. The fraction of sp³-hybridized carbons (Fsp3) is 0.0769. The molecule has 0 saturated carbocycles. The Morgan fingerprint density at radius 3 is 2.38 bits per heavy atom. The van der Waals surface area contributed by atoms with Crippen LogP contribution in [0.5, 0.6) is 0 Å². The molecule has 0 aliphatic carbocycles. The Balaban J connectivity index is 1.44. The SMILES string of the molecule is O=C(Nc1cccc(Cc2ccccc2)c1)Nc1cccn(Cc2ccccc2Cl)c1=O. The minimum absolute atomic E-state index is 0.192. The van der Waals surface area contributed by atoms with Crippen molar-refractivity contribution in [2.75, 3.05) is 10.6 Å². The highest BCUT2D eigenvalue weighted by molar-refractivity contribution is 6.31. The molecule has 32 heavy (non-hydrogen) atoms. The summed E-state index contributed by atoms with van der Waals surface area (Å²) in [5.41, 5.74) is 3.64. The zero-order valence-electron chi connectivity index (χ0n) is 17.3. The summed E-state index contributed by atoms with van der Waals surface area (Å²) in [6.07, 6.45) is 2.44. The summed E-state index contributed by atoms with van der Waals surface area (Å²) >= 11 is 6.21. The number of hydrogen-bond acceptors (Lipinski definition) is 2. The standard InChI is InChI=1S/C26H22ClN3O2/c27-23-13-5-4-11-21(23)18-30-15-7-14-24(25(30)31)29-26(32)28-22-12-6-10-20(17-22)16-19-8-2-1-3-9-19/h1-15,17H,16,18H2,(H2,28,29,32). The molecule has 0 aliphatic rings. The van der Waals surface area contributed by atoms with E-state index in [-0.39, 0.29) is 11.2 Å². The fourth-order valence-electron chi connectivity index (χ4n) is 3.44. The Hall–Kier alpha value is -3.83. The number of carbonyl (C=O) groups excluding carboxylic acids is 1. The van der Waals surface area contributed by atoms with Gasteiger partial charge in [0, 0.05) is 16.9 Å². The molecule has 3 aromatic carbocycles. The number of anilines is 2. The van der Waals surface area contributed by atoms with Gasteiger partial charge in [0.05, 0.1) is 6.54 Å². The molecule has 1 heterocycles. The van der Waals surface area contributed by atoms with E-state index in [1.165, 1.54) is 10.1 Å². The zero-order valence-corrected chi connectivity index (χ0v) is 18.0. The maximum absolute atomic E-state index is 12.8. The largest absolute Gasteiger partial charge is 0.323 e. The van der Waals surface area contributed by atoms with Crippen molar-refractivity contribution in [3.63, 3.8) is 0 Å². The Morgan fingerprint density at radius 2 is 1.56 bits per heavy atom. The number of hydrogen-bond donors (Lipinski definition) is 2. The van der Waals surface area contributed by atoms with Crippen molar-refractivity contribution in [2.24, 2.45) is 0 Å². The first-order valence-corrected chi connectivity index (χ1v) is 10.6. The Kier molecular flexibility index (Phi) is 6.68. The quantitative estimate of drug-likeness (QED) is 0.396. The summed E-state index contributed by atoms with van der Waals surface area (Å²) in [6.45, 7) is 0.317. The van der Waals surface area contributed by atoms with Crippen molar-refractivity contribution in [1.82, 2.24) is 4.57 Å². The van der Waals surface area contributed by atoms with Crippen molar-refractivity contribution < 1.29 is 4.79 Å². The van der Waals surface area contributed by atoms with Crippen LogP contribution in [0, 0.1) is 0 Å². The lowest BCUT2D eigenvalue weighted by Crippen LogP contribution is -2.28. The van der Waals surface area contributed by atoms with Gasteiger partial charge in [0.15, 0.2) is 0 Å². The van der Waals surface area contributed by atoms with Gasteiger partial charge in [-0.1, -0.05) is 72.3 Å². The highest BCUT2D eigenvalue weighted by atomic mass is 35.5. The van der Waals surface area contributed by atoms with Crippen molar-refractivity contribution in [3.8, 4) is 0 Å². The van der Waals surface area contributed by atoms with Crippen LogP contribution in [0.2, 0.25) is 5.02 Å². The van der Waals surface area contributed by atoms with Gasteiger partial charge in [-0.15, -0.1) is 0 Å². The molecule has 6 heteroatoms. The molecule has 1 aromatic heterocycles. The monoisotopic (exact) mass is 443 g/mol. The average Bonchev–Trinajstić information content (AvgIpc) is 2.79. The predicted octanol–water partition coefficient (Wildman–Crippen LogP) is 5.78. The fourth-order valence-corrected chi connectivity index (χ4v) is 3.64. The van der Waals surface area contributed by atoms with Crippen LogP contribution in [-0.4, -0.2) is 10.6 Å². The van der Waals surface area contributed by atoms with Crippen LogP contribution in [0.1, 0.15) is 16.7 Å². The molecule has 0 spiro atoms. The van der Waals surface area contributed by atoms with Gasteiger partial charge in [-0.25, -0.2) is 4.79 Å². The molecule has 0 saturated heterocycles. The lowest BCUT2D eigenvalue weighted by Gasteiger charge is -2.11. The van der Waals surface area contributed by atoms with Gasteiger partial charge in [0.25, 0.3) is 5.56 Å². The van der Waals surface area contributed by atoms with Gasteiger partial charge in [-0.3, -0.25) is 4.79 Å². The molecular weight excluding hydrogens is 422 g/mol. The number of amides is 2. The van der Waals surface area contributed by atoms with Crippen LogP contribution in [-0.2, 0) is 13.0 Å². The third-order valence-electron chi connectivity index (χ3n) is 5.00. The van der Waals surface area contributed by atoms with Gasteiger partial charge in [-0.05, 0) is 53.4 Å². The second-order valence-corrected chi connectivity index (χ2v) is 7.80.